The summed E-state index contributed by atoms with van der Waals surface area (Å²) < 4.78 is 1.92. The molecule has 0 radical (unpaired) electrons. The topological polar surface area (TPSA) is 64.2 Å². The number of rotatable bonds is 3. The minimum Gasteiger partial charge on any atom is -0.363 e. The molecule has 100 valence electrons. The molecule has 1 aliphatic rings. The van der Waals surface area contributed by atoms with Crippen LogP contribution in [0.1, 0.15) is 43.9 Å². The molecule has 2 rings (SSSR count). The van der Waals surface area contributed by atoms with Crippen molar-refractivity contribution in [3.8, 4) is 0 Å². The van der Waals surface area contributed by atoms with Gasteiger partial charge in [-0.05, 0) is 11.8 Å². The molecule has 1 fully saturated rings. The largest absolute Gasteiger partial charge is 0.363 e. The first-order valence-corrected chi connectivity index (χ1v) is 6.42. The summed E-state index contributed by atoms with van der Waals surface area (Å²) in [6, 6.07) is 0.317. The van der Waals surface area contributed by atoms with Crippen molar-refractivity contribution in [2.24, 2.45) is 11.1 Å². The van der Waals surface area contributed by atoms with E-state index in [1.54, 1.807) is 6.20 Å². The number of likely N-dealkylation sites (tertiary alicyclic amines) is 1. The number of amides is 1. The maximum atomic E-state index is 11.3. The van der Waals surface area contributed by atoms with Crippen LogP contribution in [0.3, 0.4) is 0 Å². The summed E-state index contributed by atoms with van der Waals surface area (Å²) in [5.74, 6) is -0.0770. The standard InChI is InChI=1S/C13H22N4O/c1-13(2,3)9-16-6-4-10(8-16)17-7-5-15-12(17)11(14)18/h5,7,10H,4,6,8-9H2,1-3H3,(H2,14,18). The SMILES string of the molecule is CC(C)(C)CN1CCC(n2ccnc2C(N)=O)C1. The van der Waals surface area contributed by atoms with E-state index in [1.165, 1.54) is 0 Å². The van der Waals surface area contributed by atoms with Gasteiger partial charge < -0.3 is 15.2 Å². The molecule has 2 heterocycles. The van der Waals surface area contributed by atoms with E-state index in [2.05, 4.69) is 30.7 Å². The molecule has 1 amide bonds. The number of hydrogen-bond donors (Lipinski definition) is 1. The molecule has 5 nitrogen and oxygen atoms in total. The van der Waals surface area contributed by atoms with Gasteiger partial charge in [-0.2, -0.15) is 0 Å². The van der Waals surface area contributed by atoms with Crippen molar-refractivity contribution in [3.05, 3.63) is 18.2 Å². The molecule has 1 unspecified atom stereocenters. The van der Waals surface area contributed by atoms with E-state index in [-0.39, 0.29) is 0 Å². The van der Waals surface area contributed by atoms with Gasteiger partial charge in [0.15, 0.2) is 5.82 Å². The van der Waals surface area contributed by atoms with Crippen molar-refractivity contribution in [1.82, 2.24) is 14.5 Å². The summed E-state index contributed by atoms with van der Waals surface area (Å²) in [7, 11) is 0. The van der Waals surface area contributed by atoms with Gasteiger partial charge in [-0.1, -0.05) is 20.8 Å². The predicted octanol–water partition coefficient (Wildman–Crippen LogP) is 1.27. The van der Waals surface area contributed by atoms with Gasteiger partial charge in [-0.25, -0.2) is 4.98 Å². The average Bonchev–Trinajstić information content (AvgIpc) is 2.81. The molecule has 0 bridgehead atoms. The van der Waals surface area contributed by atoms with E-state index in [4.69, 9.17) is 5.73 Å². The molecule has 0 saturated carbocycles. The highest BCUT2D eigenvalue weighted by Crippen LogP contribution is 2.26. The lowest BCUT2D eigenvalue weighted by atomic mass is 9.96. The minimum atomic E-state index is -0.450. The van der Waals surface area contributed by atoms with Gasteiger partial charge in [0.2, 0.25) is 0 Å². The van der Waals surface area contributed by atoms with E-state index in [9.17, 15) is 4.79 Å². The van der Waals surface area contributed by atoms with Crippen LogP contribution in [-0.4, -0.2) is 40.0 Å². The Morgan fingerprint density at radius 2 is 2.28 bits per heavy atom. The molecule has 1 saturated heterocycles. The summed E-state index contributed by atoms with van der Waals surface area (Å²) in [5.41, 5.74) is 5.63. The van der Waals surface area contributed by atoms with Crippen LogP contribution in [0.4, 0.5) is 0 Å². The summed E-state index contributed by atoms with van der Waals surface area (Å²) in [5, 5.41) is 0. The number of nitrogens with two attached hydrogens (primary N) is 1. The third kappa shape index (κ3) is 2.90. The third-order valence-corrected chi connectivity index (χ3v) is 3.23. The monoisotopic (exact) mass is 250 g/mol. The zero-order valence-corrected chi connectivity index (χ0v) is 11.4. The van der Waals surface area contributed by atoms with Gasteiger partial charge >= 0.3 is 0 Å². The number of imidazole rings is 1. The maximum absolute atomic E-state index is 11.3. The van der Waals surface area contributed by atoms with Crippen LogP contribution >= 0.6 is 0 Å². The van der Waals surface area contributed by atoms with Crippen LogP contribution in [0.2, 0.25) is 0 Å². The fourth-order valence-electron chi connectivity index (χ4n) is 2.65. The number of aromatic nitrogens is 2. The van der Waals surface area contributed by atoms with Crippen molar-refractivity contribution in [1.29, 1.82) is 0 Å². The molecule has 1 aliphatic heterocycles. The molecule has 0 aliphatic carbocycles. The summed E-state index contributed by atoms with van der Waals surface area (Å²) in [4.78, 5) is 17.7. The Kier molecular flexibility index (Phi) is 3.43. The Hall–Kier alpha value is -1.36. The third-order valence-electron chi connectivity index (χ3n) is 3.23. The van der Waals surface area contributed by atoms with Gasteiger partial charge in [0, 0.05) is 38.1 Å². The summed E-state index contributed by atoms with van der Waals surface area (Å²) >= 11 is 0. The van der Waals surface area contributed by atoms with Crippen LogP contribution in [0.5, 0.6) is 0 Å². The van der Waals surface area contributed by atoms with Crippen LogP contribution in [0.25, 0.3) is 0 Å². The number of nitrogens with zero attached hydrogens (tertiary/aromatic N) is 3. The Bertz CT molecular complexity index is 432. The molecule has 0 aromatic carbocycles. The highest BCUT2D eigenvalue weighted by atomic mass is 16.1. The fraction of sp³-hybridized carbons (Fsp3) is 0.692. The number of carbonyl (C=O) groups is 1. The van der Waals surface area contributed by atoms with Crippen LogP contribution < -0.4 is 5.73 Å². The molecule has 5 heteroatoms. The minimum absolute atomic E-state index is 0.302. The molecule has 1 aromatic heterocycles. The first-order chi connectivity index (χ1) is 8.37. The first kappa shape index (κ1) is 13.1. The quantitative estimate of drug-likeness (QED) is 0.878. The second kappa shape index (κ2) is 4.72. The van der Waals surface area contributed by atoms with Crippen LogP contribution in [0.15, 0.2) is 12.4 Å². The van der Waals surface area contributed by atoms with Crippen LogP contribution in [-0.2, 0) is 0 Å². The molecular formula is C13H22N4O. The van der Waals surface area contributed by atoms with E-state index in [0.717, 1.165) is 26.1 Å². The lowest BCUT2D eigenvalue weighted by Crippen LogP contribution is -2.31. The zero-order chi connectivity index (χ0) is 13.3. The average molecular weight is 250 g/mol. The molecule has 1 atom stereocenters. The van der Waals surface area contributed by atoms with Crippen LogP contribution in [0, 0.1) is 5.41 Å². The van der Waals surface area contributed by atoms with E-state index in [0.29, 0.717) is 17.3 Å². The first-order valence-electron chi connectivity index (χ1n) is 6.42. The molecule has 0 spiro atoms. The van der Waals surface area contributed by atoms with Crippen molar-refractivity contribution < 1.29 is 4.79 Å². The summed E-state index contributed by atoms with van der Waals surface area (Å²) in [6.45, 7) is 9.83. The van der Waals surface area contributed by atoms with Gasteiger partial charge in [-0.15, -0.1) is 0 Å². The lowest BCUT2D eigenvalue weighted by molar-refractivity contribution is 0.0983. The smallest absolute Gasteiger partial charge is 0.284 e. The van der Waals surface area contributed by atoms with Gasteiger partial charge in [-0.3, -0.25) is 4.79 Å². The van der Waals surface area contributed by atoms with E-state index in [1.807, 2.05) is 10.8 Å². The molecular weight excluding hydrogens is 228 g/mol. The summed E-state index contributed by atoms with van der Waals surface area (Å²) in [6.07, 6.45) is 4.55. The second-order valence-corrected chi connectivity index (χ2v) is 6.26. The maximum Gasteiger partial charge on any atom is 0.284 e. The molecule has 1 aromatic rings. The van der Waals surface area contributed by atoms with E-state index >= 15 is 0 Å². The Labute approximate surface area is 108 Å². The number of hydrogen-bond acceptors (Lipinski definition) is 3. The Morgan fingerprint density at radius 3 is 2.89 bits per heavy atom. The molecule has 18 heavy (non-hydrogen) atoms. The van der Waals surface area contributed by atoms with Gasteiger partial charge in [0.25, 0.3) is 5.91 Å². The van der Waals surface area contributed by atoms with Gasteiger partial charge in [0.1, 0.15) is 0 Å². The fourth-order valence-corrected chi connectivity index (χ4v) is 2.65. The predicted molar refractivity (Wildman–Crippen MR) is 70.3 cm³/mol. The second-order valence-electron chi connectivity index (χ2n) is 6.26. The van der Waals surface area contributed by atoms with Crippen molar-refractivity contribution in [2.45, 2.75) is 33.2 Å². The molecule has 2 N–H and O–H groups in total. The highest BCUT2D eigenvalue weighted by Gasteiger charge is 2.28. The Balaban J connectivity index is 2.04. The van der Waals surface area contributed by atoms with Gasteiger partial charge in [0.05, 0.1) is 0 Å². The normalized spacial score (nSPS) is 21.4. The van der Waals surface area contributed by atoms with Crippen molar-refractivity contribution in [2.75, 3.05) is 19.6 Å². The number of carbonyl (C=O) groups excluding carboxylic acids is 1. The Morgan fingerprint density at radius 1 is 1.56 bits per heavy atom. The highest BCUT2D eigenvalue weighted by molar-refractivity contribution is 5.89. The zero-order valence-electron chi connectivity index (χ0n) is 11.4. The number of primary amides is 1. The lowest BCUT2D eigenvalue weighted by Gasteiger charge is -2.26. The van der Waals surface area contributed by atoms with Crippen molar-refractivity contribution in [3.63, 3.8) is 0 Å². The van der Waals surface area contributed by atoms with E-state index < -0.39 is 5.91 Å². The van der Waals surface area contributed by atoms with Crippen molar-refractivity contribution >= 4 is 5.91 Å².